The van der Waals surface area contributed by atoms with Gasteiger partial charge >= 0.3 is 0 Å². The molecule has 0 amide bonds. The first-order chi connectivity index (χ1) is 25.5. The lowest BCUT2D eigenvalue weighted by Crippen LogP contribution is -2.46. The molecule has 0 radical (unpaired) electrons. The molecule has 0 heterocycles. The third-order valence-corrected chi connectivity index (χ3v) is 15.9. The van der Waals surface area contributed by atoms with E-state index in [0.29, 0.717) is 5.92 Å². The van der Waals surface area contributed by atoms with Crippen molar-refractivity contribution in [1.29, 1.82) is 0 Å². The van der Waals surface area contributed by atoms with Crippen LogP contribution in [-0.2, 0) is 6.42 Å². The molecule has 0 saturated carbocycles. The number of hydrogen-bond acceptors (Lipinski definition) is 2. The molecule has 6 aromatic carbocycles. The molecule has 0 N–H and O–H groups in total. The van der Waals surface area contributed by atoms with E-state index in [2.05, 4.69) is 197 Å². The first kappa shape index (κ1) is 42.3. The summed E-state index contributed by atoms with van der Waals surface area (Å²) in [6, 6.07) is 63.8. The fourth-order valence-corrected chi connectivity index (χ4v) is 13.4. The summed E-state index contributed by atoms with van der Waals surface area (Å²) >= 11 is 0. The fourth-order valence-electron chi connectivity index (χ4n) is 7.91. The molecule has 1 atom stereocenters. The summed E-state index contributed by atoms with van der Waals surface area (Å²) in [6.45, 7) is 14.0. The Bertz CT molecular complexity index is 1810. The lowest BCUT2D eigenvalue weighted by molar-refractivity contribution is 0.250. The SMILES string of the molecule is C.CC(c1ccccc1)C(C)(C)CC(C)(C)[P+](c1ccccc1)(c1ccccc1)c1ccccc1.CN(C)CCOc1ccc(Cc2ccccc2)cc1. The molecular formula is C51H63NOP+. The number of likely N-dealkylation sites (N-methyl/N-ethyl adjacent to an activating group) is 1. The van der Waals surface area contributed by atoms with Crippen LogP contribution >= 0.6 is 7.26 Å². The fraction of sp³-hybridized carbons (Fsp3) is 0.294. The standard InChI is InChI=1S/C33H38P.C17H21NO.CH4/c1-27(28-18-10-6-11-19-28)32(2,3)26-33(4,5)34(29-20-12-7-13-21-29,30-22-14-8-15-23-30)31-24-16-9-17-25-31;1-18(2)12-13-19-17-10-8-16(9-11-17)14-15-6-4-3-5-7-15;/h6-25,27H,26H2,1-5H3;3-11H,12-14H2,1-2H3;1H4/q+1;;. The molecule has 0 aromatic heterocycles. The average molecular weight is 737 g/mol. The van der Waals surface area contributed by atoms with E-state index in [1.54, 1.807) is 0 Å². The molecule has 3 heteroatoms. The van der Waals surface area contributed by atoms with Crippen LogP contribution in [0.5, 0.6) is 5.75 Å². The normalized spacial score (nSPS) is 12.2. The Hall–Kier alpha value is -4.49. The second-order valence-electron chi connectivity index (χ2n) is 15.7. The first-order valence-corrected chi connectivity index (χ1v) is 20.8. The average Bonchev–Trinajstić information content (AvgIpc) is 3.17. The summed E-state index contributed by atoms with van der Waals surface area (Å²) in [4.78, 5) is 2.11. The molecule has 0 saturated heterocycles. The van der Waals surface area contributed by atoms with Crippen molar-refractivity contribution in [3.05, 3.63) is 193 Å². The van der Waals surface area contributed by atoms with E-state index < -0.39 is 7.26 Å². The predicted octanol–water partition coefficient (Wildman–Crippen LogP) is 11.8. The quantitative estimate of drug-likeness (QED) is 0.103. The molecule has 282 valence electrons. The zero-order chi connectivity index (χ0) is 37.7. The zero-order valence-electron chi connectivity index (χ0n) is 33.0. The molecule has 0 fully saturated rings. The van der Waals surface area contributed by atoms with Gasteiger partial charge in [0.2, 0.25) is 0 Å². The van der Waals surface area contributed by atoms with Crippen LogP contribution in [0.25, 0.3) is 0 Å². The third kappa shape index (κ3) is 10.6. The highest BCUT2D eigenvalue weighted by Gasteiger charge is 2.59. The smallest absolute Gasteiger partial charge is 0.119 e. The number of benzene rings is 6. The van der Waals surface area contributed by atoms with Crippen LogP contribution in [0.4, 0.5) is 0 Å². The van der Waals surface area contributed by atoms with Crippen molar-refractivity contribution in [2.24, 2.45) is 5.41 Å². The van der Waals surface area contributed by atoms with Crippen LogP contribution in [0.3, 0.4) is 0 Å². The highest BCUT2D eigenvalue weighted by Crippen LogP contribution is 2.69. The molecule has 54 heavy (non-hydrogen) atoms. The number of hydrogen-bond donors (Lipinski definition) is 0. The van der Waals surface area contributed by atoms with Gasteiger partial charge in [0.05, 0.1) is 5.16 Å². The Morgan fingerprint density at radius 3 is 1.35 bits per heavy atom. The zero-order valence-corrected chi connectivity index (χ0v) is 33.8. The summed E-state index contributed by atoms with van der Waals surface area (Å²) in [5.74, 6) is 1.40. The Morgan fingerprint density at radius 2 is 0.926 bits per heavy atom. The van der Waals surface area contributed by atoms with Crippen LogP contribution in [0.1, 0.15) is 71.1 Å². The molecule has 6 rings (SSSR count). The Kier molecular flexibility index (Phi) is 15.4. The van der Waals surface area contributed by atoms with Crippen molar-refractivity contribution in [3.63, 3.8) is 0 Å². The number of ether oxygens (including phenoxy) is 1. The minimum Gasteiger partial charge on any atom is -0.492 e. The summed E-state index contributed by atoms with van der Waals surface area (Å²) in [7, 11) is 2.11. The van der Waals surface area contributed by atoms with Gasteiger partial charge in [-0.2, -0.15) is 0 Å². The van der Waals surface area contributed by atoms with Crippen molar-refractivity contribution in [1.82, 2.24) is 4.90 Å². The van der Waals surface area contributed by atoms with Gasteiger partial charge in [0, 0.05) is 6.54 Å². The van der Waals surface area contributed by atoms with Gasteiger partial charge in [0.15, 0.2) is 0 Å². The number of rotatable bonds is 14. The minimum absolute atomic E-state index is 0. The van der Waals surface area contributed by atoms with Crippen molar-refractivity contribution < 1.29 is 4.74 Å². The maximum atomic E-state index is 5.68. The van der Waals surface area contributed by atoms with Gasteiger partial charge in [-0.25, -0.2) is 0 Å². The van der Waals surface area contributed by atoms with Crippen LogP contribution in [0.2, 0.25) is 0 Å². The van der Waals surface area contributed by atoms with Crippen LogP contribution in [-0.4, -0.2) is 37.3 Å². The van der Waals surface area contributed by atoms with E-state index in [4.69, 9.17) is 4.74 Å². The maximum absolute atomic E-state index is 5.68. The van der Waals surface area contributed by atoms with E-state index in [0.717, 1.165) is 31.7 Å². The summed E-state index contributed by atoms with van der Waals surface area (Å²) in [5, 5.41) is 4.41. The van der Waals surface area contributed by atoms with E-state index in [1.807, 2.05) is 32.3 Å². The molecular weight excluding hydrogens is 674 g/mol. The molecule has 0 aliphatic carbocycles. The van der Waals surface area contributed by atoms with Crippen LogP contribution in [0, 0.1) is 5.41 Å². The summed E-state index contributed by atoms with van der Waals surface area (Å²) in [6.07, 6.45) is 2.08. The van der Waals surface area contributed by atoms with Gasteiger partial charge in [-0.05, 0) is 117 Å². The second-order valence-corrected chi connectivity index (χ2v) is 19.8. The first-order valence-electron chi connectivity index (χ1n) is 19.0. The van der Waals surface area contributed by atoms with Crippen molar-refractivity contribution in [3.8, 4) is 5.75 Å². The van der Waals surface area contributed by atoms with Gasteiger partial charge < -0.3 is 9.64 Å². The summed E-state index contributed by atoms with van der Waals surface area (Å²) < 4.78 is 5.68. The molecule has 0 aliphatic rings. The van der Waals surface area contributed by atoms with E-state index in [1.165, 1.54) is 32.6 Å². The van der Waals surface area contributed by atoms with Crippen LogP contribution in [0.15, 0.2) is 176 Å². The summed E-state index contributed by atoms with van der Waals surface area (Å²) in [5.41, 5.74) is 4.19. The van der Waals surface area contributed by atoms with Crippen LogP contribution < -0.4 is 20.7 Å². The molecule has 6 aromatic rings. The molecule has 0 aliphatic heterocycles. The van der Waals surface area contributed by atoms with E-state index >= 15 is 0 Å². The Balaban J connectivity index is 0.000000276. The van der Waals surface area contributed by atoms with Gasteiger partial charge in [-0.1, -0.05) is 156 Å². The highest BCUT2D eigenvalue weighted by atomic mass is 31.2. The highest BCUT2D eigenvalue weighted by molar-refractivity contribution is 7.96. The molecule has 0 spiro atoms. The van der Waals surface area contributed by atoms with Gasteiger partial charge in [-0.3, -0.25) is 0 Å². The second kappa shape index (κ2) is 19.7. The topological polar surface area (TPSA) is 12.5 Å². The predicted molar refractivity (Wildman–Crippen MR) is 239 cm³/mol. The van der Waals surface area contributed by atoms with E-state index in [9.17, 15) is 0 Å². The lowest BCUT2D eigenvalue weighted by atomic mass is 9.71. The number of nitrogens with zero attached hydrogens (tertiary/aromatic N) is 1. The minimum atomic E-state index is -1.98. The van der Waals surface area contributed by atoms with Crippen molar-refractivity contribution >= 4 is 23.2 Å². The Morgan fingerprint density at radius 1 is 0.537 bits per heavy atom. The van der Waals surface area contributed by atoms with Gasteiger partial charge in [-0.15, -0.1) is 0 Å². The molecule has 0 bridgehead atoms. The monoisotopic (exact) mass is 736 g/mol. The van der Waals surface area contributed by atoms with Crippen molar-refractivity contribution in [2.45, 2.75) is 66.0 Å². The van der Waals surface area contributed by atoms with E-state index in [-0.39, 0.29) is 18.0 Å². The van der Waals surface area contributed by atoms with Gasteiger partial charge in [0.1, 0.15) is 35.5 Å². The largest absolute Gasteiger partial charge is 0.492 e. The maximum Gasteiger partial charge on any atom is 0.119 e. The third-order valence-electron chi connectivity index (χ3n) is 10.7. The lowest BCUT2D eigenvalue weighted by Gasteiger charge is -2.46. The Labute approximate surface area is 328 Å². The van der Waals surface area contributed by atoms with Crippen molar-refractivity contribution in [2.75, 3.05) is 27.2 Å². The molecule has 1 unspecified atom stereocenters. The van der Waals surface area contributed by atoms with Gasteiger partial charge in [0.25, 0.3) is 0 Å². The molecule has 2 nitrogen and oxygen atoms in total.